The third kappa shape index (κ3) is 5.06. The minimum atomic E-state index is -4.56. The monoisotopic (exact) mass is 538 g/mol. The number of aryl methyl sites for hydroxylation is 2. The molecular formula is C27H25F3N6O3. The van der Waals surface area contributed by atoms with Crippen molar-refractivity contribution in [2.24, 2.45) is 7.05 Å². The molecule has 4 aromatic rings. The van der Waals surface area contributed by atoms with E-state index in [1.165, 1.54) is 32.2 Å². The first-order valence-corrected chi connectivity index (χ1v) is 12.1. The number of esters is 1. The van der Waals surface area contributed by atoms with E-state index in [2.05, 4.69) is 19.9 Å². The van der Waals surface area contributed by atoms with Crippen LogP contribution in [0, 0.1) is 6.92 Å². The highest BCUT2D eigenvalue weighted by molar-refractivity contribution is 5.82. The summed E-state index contributed by atoms with van der Waals surface area (Å²) in [6.45, 7) is 1.79. The lowest BCUT2D eigenvalue weighted by Crippen LogP contribution is -2.19. The predicted octanol–water partition coefficient (Wildman–Crippen LogP) is 4.85. The van der Waals surface area contributed by atoms with Gasteiger partial charge in [-0.2, -0.15) is 13.2 Å². The molecule has 1 aromatic carbocycles. The standard InChI is InChI=1S/C27H25F3N6O3/c1-14-11-31-23(20-22(16-7-8-16)32-13-33-25(20)38-3)35-21(14)19(26(37)39-4)15-5-9-17(10-6-15)24-34-18(12-36(24)2)27(28,29)30/h5-6,9-13,16,19H,7-8H2,1-4H3. The molecule has 1 aliphatic rings. The Morgan fingerprint density at radius 2 is 1.79 bits per heavy atom. The molecule has 1 aliphatic carbocycles. The fraction of sp³-hybridized carbons (Fsp3) is 0.333. The number of aromatic nitrogens is 6. The number of carbonyl (C=O) groups excluding carboxylic acids is 1. The van der Waals surface area contributed by atoms with Gasteiger partial charge >= 0.3 is 12.1 Å². The highest BCUT2D eigenvalue weighted by Crippen LogP contribution is 2.45. The number of benzene rings is 1. The maximum Gasteiger partial charge on any atom is 0.434 e. The average molecular weight is 539 g/mol. The van der Waals surface area contributed by atoms with E-state index in [1.54, 1.807) is 37.4 Å². The van der Waals surface area contributed by atoms with E-state index in [0.717, 1.165) is 24.7 Å². The smallest absolute Gasteiger partial charge is 0.434 e. The third-order valence-electron chi connectivity index (χ3n) is 6.61. The van der Waals surface area contributed by atoms with Crippen LogP contribution in [0.25, 0.3) is 22.8 Å². The van der Waals surface area contributed by atoms with Gasteiger partial charge in [0.05, 0.1) is 25.6 Å². The number of rotatable bonds is 7. The molecule has 0 bridgehead atoms. The van der Waals surface area contributed by atoms with Crippen LogP contribution >= 0.6 is 0 Å². The van der Waals surface area contributed by atoms with Gasteiger partial charge in [-0.25, -0.2) is 24.9 Å². The molecule has 1 fully saturated rings. The first kappa shape index (κ1) is 26.3. The second-order valence-corrected chi connectivity index (χ2v) is 9.32. The first-order chi connectivity index (χ1) is 18.6. The van der Waals surface area contributed by atoms with Crippen molar-refractivity contribution in [3.8, 4) is 28.7 Å². The molecular weight excluding hydrogens is 513 g/mol. The lowest BCUT2D eigenvalue weighted by Gasteiger charge is -2.18. The summed E-state index contributed by atoms with van der Waals surface area (Å²) in [5, 5.41) is 0. The zero-order chi connectivity index (χ0) is 27.9. The van der Waals surface area contributed by atoms with Crippen LogP contribution in [0.4, 0.5) is 13.2 Å². The van der Waals surface area contributed by atoms with E-state index < -0.39 is 23.8 Å². The van der Waals surface area contributed by atoms with Crippen molar-refractivity contribution < 1.29 is 27.4 Å². The van der Waals surface area contributed by atoms with Crippen molar-refractivity contribution in [2.45, 2.75) is 37.8 Å². The molecule has 0 amide bonds. The van der Waals surface area contributed by atoms with Gasteiger partial charge in [-0.3, -0.25) is 4.79 Å². The Hall–Kier alpha value is -4.35. The number of nitrogens with zero attached hydrogens (tertiary/aromatic N) is 6. The first-order valence-electron chi connectivity index (χ1n) is 12.1. The predicted molar refractivity (Wildman–Crippen MR) is 134 cm³/mol. The molecule has 39 heavy (non-hydrogen) atoms. The molecule has 5 rings (SSSR count). The summed E-state index contributed by atoms with van der Waals surface area (Å²) in [5.41, 5.74) is 2.47. The SMILES string of the molecule is COC(=O)C(c1ccc(-c2nc(C(F)(F)F)cn2C)cc1)c1nc(-c2c(OC)ncnc2C2CC2)ncc1C. The number of imidazole rings is 1. The molecule has 0 saturated heterocycles. The molecule has 0 aliphatic heterocycles. The van der Waals surface area contributed by atoms with Crippen molar-refractivity contribution in [1.82, 2.24) is 29.5 Å². The Labute approximate surface area is 222 Å². The van der Waals surface area contributed by atoms with Crippen LogP contribution in [0.1, 0.15) is 52.9 Å². The lowest BCUT2D eigenvalue weighted by atomic mass is 9.92. The Morgan fingerprint density at radius 3 is 2.38 bits per heavy atom. The van der Waals surface area contributed by atoms with E-state index in [-0.39, 0.29) is 11.7 Å². The molecule has 0 radical (unpaired) electrons. The summed E-state index contributed by atoms with van der Waals surface area (Å²) in [4.78, 5) is 34.8. The fourth-order valence-electron chi connectivity index (χ4n) is 4.50. The van der Waals surface area contributed by atoms with Crippen molar-refractivity contribution in [3.05, 3.63) is 71.2 Å². The second-order valence-electron chi connectivity index (χ2n) is 9.32. The quantitative estimate of drug-likeness (QED) is 0.308. The van der Waals surface area contributed by atoms with Crippen LogP contribution in [-0.2, 0) is 22.8 Å². The lowest BCUT2D eigenvalue weighted by molar-refractivity contribution is -0.142. The fourth-order valence-corrected chi connectivity index (χ4v) is 4.50. The minimum absolute atomic E-state index is 0.146. The number of hydrogen-bond donors (Lipinski definition) is 0. The van der Waals surface area contributed by atoms with Crippen LogP contribution in [-0.4, -0.2) is 49.7 Å². The molecule has 12 heteroatoms. The van der Waals surface area contributed by atoms with Gasteiger partial charge in [-0.1, -0.05) is 24.3 Å². The largest absolute Gasteiger partial charge is 0.480 e. The summed E-state index contributed by atoms with van der Waals surface area (Å²) in [6, 6.07) is 6.54. The second kappa shape index (κ2) is 10.1. The van der Waals surface area contributed by atoms with Gasteiger partial charge in [0.1, 0.15) is 23.6 Å². The van der Waals surface area contributed by atoms with E-state index in [9.17, 15) is 18.0 Å². The van der Waals surface area contributed by atoms with Gasteiger partial charge < -0.3 is 14.0 Å². The van der Waals surface area contributed by atoms with E-state index >= 15 is 0 Å². The van der Waals surface area contributed by atoms with E-state index in [4.69, 9.17) is 14.5 Å². The normalized spacial score (nSPS) is 14.2. The van der Waals surface area contributed by atoms with Crippen LogP contribution in [0.15, 0.2) is 43.0 Å². The number of ether oxygens (including phenoxy) is 2. The summed E-state index contributed by atoms with van der Waals surface area (Å²) < 4.78 is 51.3. The minimum Gasteiger partial charge on any atom is -0.480 e. The maximum absolute atomic E-state index is 13.1. The number of carbonyl (C=O) groups is 1. The summed E-state index contributed by atoms with van der Waals surface area (Å²) in [6.07, 6.45) is 1.43. The Morgan fingerprint density at radius 1 is 1.08 bits per heavy atom. The van der Waals surface area contributed by atoms with Gasteiger partial charge in [-0.05, 0) is 30.9 Å². The van der Waals surface area contributed by atoms with Gasteiger partial charge in [0.15, 0.2) is 11.5 Å². The average Bonchev–Trinajstić information content (AvgIpc) is 3.69. The van der Waals surface area contributed by atoms with Gasteiger partial charge in [-0.15, -0.1) is 0 Å². The number of methoxy groups -OCH3 is 2. The number of alkyl halides is 3. The van der Waals surface area contributed by atoms with Crippen LogP contribution in [0.5, 0.6) is 5.88 Å². The van der Waals surface area contributed by atoms with Crippen molar-refractivity contribution in [2.75, 3.05) is 14.2 Å². The van der Waals surface area contributed by atoms with Crippen molar-refractivity contribution in [1.29, 1.82) is 0 Å². The molecule has 1 unspecified atom stereocenters. The Bertz CT molecular complexity index is 1530. The highest BCUT2D eigenvalue weighted by Gasteiger charge is 2.35. The molecule has 0 spiro atoms. The van der Waals surface area contributed by atoms with Gasteiger partial charge in [0.2, 0.25) is 5.88 Å². The summed E-state index contributed by atoms with van der Waals surface area (Å²) >= 11 is 0. The van der Waals surface area contributed by atoms with Crippen LogP contribution in [0.3, 0.4) is 0 Å². The number of hydrogen-bond acceptors (Lipinski definition) is 8. The Balaban J connectivity index is 1.57. The number of halogens is 3. The molecule has 1 saturated carbocycles. The maximum atomic E-state index is 13.1. The summed E-state index contributed by atoms with van der Waals surface area (Å²) in [5.74, 6) is -0.392. The van der Waals surface area contributed by atoms with E-state index in [1.807, 2.05) is 0 Å². The van der Waals surface area contributed by atoms with Gasteiger partial charge in [0, 0.05) is 30.9 Å². The molecule has 9 nitrogen and oxygen atoms in total. The van der Waals surface area contributed by atoms with E-state index in [0.29, 0.717) is 39.7 Å². The zero-order valence-corrected chi connectivity index (χ0v) is 21.7. The van der Waals surface area contributed by atoms with Crippen LogP contribution < -0.4 is 4.74 Å². The van der Waals surface area contributed by atoms with Crippen molar-refractivity contribution >= 4 is 5.97 Å². The van der Waals surface area contributed by atoms with Crippen molar-refractivity contribution in [3.63, 3.8) is 0 Å². The highest BCUT2D eigenvalue weighted by atomic mass is 19.4. The molecule has 1 atom stereocenters. The van der Waals surface area contributed by atoms with Crippen LogP contribution in [0.2, 0.25) is 0 Å². The molecule has 0 N–H and O–H groups in total. The third-order valence-corrected chi connectivity index (χ3v) is 6.61. The topological polar surface area (TPSA) is 105 Å². The molecule has 3 heterocycles. The van der Waals surface area contributed by atoms with Gasteiger partial charge in [0.25, 0.3) is 0 Å². The Kier molecular flexibility index (Phi) is 6.79. The summed E-state index contributed by atoms with van der Waals surface area (Å²) in [7, 11) is 4.29. The molecule has 3 aromatic heterocycles. The zero-order valence-electron chi connectivity index (χ0n) is 21.7. The molecule has 202 valence electrons.